The first-order valence-electron chi connectivity index (χ1n) is 3.95. The summed E-state index contributed by atoms with van der Waals surface area (Å²) in [5.41, 5.74) is 3.22. The molecule has 2 N–H and O–H groups in total. The van der Waals surface area contributed by atoms with Gasteiger partial charge in [-0.1, -0.05) is 0 Å². The standard InChI is InChI=1S/C7H12N2O2/c10-4-3-9-6(11)5-7(8-9)1-2-7/h8,10H,1-5H2. The van der Waals surface area contributed by atoms with Crippen molar-refractivity contribution < 1.29 is 9.90 Å². The van der Waals surface area contributed by atoms with E-state index in [1.165, 1.54) is 5.01 Å². The molecule has 4 heteroatoms. The summed E-state index contributed by atoms with van der Waals surface area (Å²) in [7, 11) is 0. The third-order valence-electron chi connectivity index (χ3n) is 2.34. The molecule has 4 nitrogen and oxygen atoms in total. The summed E-state index contributed by atoms with van der Waals surface area (Å²) in [6, 6.07) is 0. The van der Waals surface area contributed by atoms with Gasteiger partial charge in [0.1, 0.15) is 0 Å². The molecule has 0 aromatic carbocycles. The molecule has 1 aliphatic carbocycles. The lowest BCUT2D eigenvalue weighted by Gasteiger charge is -2.15. The van der Waals surface area contributed by atoms with Crippen LogP contribution < -0.4 is 5.43 Å². The number of nitrogens with one attached hydrogen (secondary N) is 1. The largest absolute Gasteiger partial charge is 0.394 e. The van der Waals surface area contributed by atoms with E-state index in [1.54, 1.807) is 0 Å². The van der Waals surface area contributed by atoms with Gasteiger partial charge in [0.2, 0.25) is 5.91 Å². The van der Waals surface area contributed by atoms with Crippen molar-refractivity contribution in [3.63, 3.8) is 0 Å². The van der Waals surface area contributed by atoms with Gasteiger partial charge in [-0.25, -0.2) is 5.43 Å². The first kappa shape index (κ1) is 7.06. The molecule has 0 atom stereocenters. The molecule has 0 radical (unpaired) electrons. The Morgan fingerprint density at radius 2 is 2.36 bits per heavy atom. The minimum Gasteiger partial charge on any atom is -0.394 e. The second-order valence-corrected chi connectivity index (χ2v) is 3.34. The van der Waals surface area contributed by atoms with Crippen molar-refractivity contribution in [3.8, 4) is 0 Å². The number of β-amino-alcohol motifs (C(OH)–C–C–N with tert-alkyl or cyclic N) is 1. The van der Waals surface area contributed by atoms with E-state index in [1.807, 2.05) is 0 Å². The summed E-state index contributed by atoms with van der Waals surface area (Å²) in [4.78, 5) is 11.2. The number of amides is 1. The highest BCUT2D eigenvalue weighted by molar-refractivity contribution is 5.80. The molecule has 0 aromatic heterocycles. The maximum atomic E-state index is 11.2. The Kier molecular flexibility index (Phi) is 1.40. The van der Waals surface area contributed by atoms with Gasteiger partial charge < -0.3 is 5.11 Å². The van der Waals surface area contributed by atoms with Crippen LogP contribution in [0.4, 0.5) is 0 Å². The molecule has 1 amide bonds. The van der Waals surface area contributed by atoms with E-state index in [2.05, 4.69) is 5.43 Å². The fraction of sp³-hybridized carbons (Fsp3) is 0.857. The van der Waals surface area contributed by atoms with Crippen LogP contribution in [0.25, 0.3) is 0 Å². The van der Waals surface area contributed by atoms with E-state index in [9.17, 15) is 4.79 Å². The van der Waals surface area contributed by atoms with Gasteiger partial charge in [0.05, 0.1) is 13.2 Å². The van der Waals surface area contributed by atoms with Crippen LogP contribution in [0, 0.1) is 0 Å². The third-order valence-corrected chi connectivity index (χ3v) is 2.34. The van der Waals surface area contributed by atoms with E-state index >= 15 is 0 Å². The van der Waals surface area contributed by atoms with Gasteiger partial charge in [-0.2, -0.15) is 0 Å². The Labute approximate surface area is 65.2 Å². The van der Waals surface area contributed by atoms with Crippen LogP contribution in [-0.2, 0) is 4.79 Å². The maximum Gasteiger partial charge on any atom is 0.238 e. The van der Waals surface area contributed by atoms with Crippen LogP contribution in [0.15, 0.2) is 0 Å². The quantitative estimate of drug-likeness (QED) is 0.553. The summed E-state index contributed by atoms with van der Waals surface area (Å²) in [6.45, 7) is 0.454. The van der Waals surface area contributed by atoms with Gasteiger partial charge in [0, 0.05) is 12.0 Å². The Hall–Kier alpha value is -0.610. The van der Waals surface area contributed by atoms with E-state index in [0.717, 1.165) is 12.8 Å². The summed E-state index contributed by atoms with van der Waals surface area (Å²) in [6.07, 6.45) is 2.81. The Morgan fingerprint density at radius 3 is 2.82 bits per heavy atom. The Bertz CT molecular complexity index is 189. The Morgan fingerprint density at radius 1 is 1.64 bits per heavy atom. The highest BCUT2D eigenvalue weighted by atomic mass is 16.3. The maximum absolute atomic E-state index is 11.2. The molecule has 1 heterocycles. The van der Waals surface area contributed by atoms with Crippen LogP contribution in [-0.4, -0.2) is 34.7 Å². The summed E-state index contributed by atoms with van der Waals surface area (Å²) >= 11 is 0. The van der Waals surface area contributed by atoms with Crippen molar-refractivity contribution in [1.82, 2.24) is 10.4 Å². The zero-order chi connectivity index (χ0) is 7.90. The third kappa shape index (κ3) is 1.12. The van der Waals surface area contributed by atoms with Crippen molar-refractivity contribution in [2.24, 2.45) is 0 Å². The molecule has 2 aliphatic rings. The molecular formula is C7H12N2O2. The minimum absolute atomic E-state index is 0.0365. The van der Waals surface area contributed by atoms with Crippen molar-refractivity contribution in [3.05, 3.63) is 0 Å². The lowest BCUT2D eigenvalue weighted by Crippen LogP contribution is -2.40. The van der Waals surface area contributed by atoms with Crippen molar-refractivity contribution in [2.75, 3.05) is 13.2 Å². The van der Waals surface area contributed by atoms with Gasteiger partial charge in [-0.3, -0.25) is 9.80 Å². The number of rotatable bonds is 2. The summed E-state index contributed by atoms with van der Waals surface area (Å²) < 4.78 is 0. The summed E-state index contributed by atoms with van der Waals surface area (Å²) in [5, 5.41) is 10.1. The molecule has 0 bridgehead atoms. The minimum atomic E-state index is 0.0365. The molecule has 1 aliphatic heterocycles. The zero-order valence-electron chi connectivity index (χ0n) is 6.34. The lowest BCUT2D eigenvalue weighted by molar-refractivity contribution is -0.130. The Balaban J connectivity index is 1.97. The molecular weight excluding hydrogens is 144 g/mol. The van der Waals surface area contributed by atoms with Crippen LogP contribution in [0.2, 0.25) is 0 Å². The summed E-state index contributed by atoms with van der Waals surface area (Å²) in [5.74, 6) is 0.122. The van der Waals surface area contributed by atoms with Gasteiger partial charge >= 0.3 is 0 Å². The molecule has 1 saturated heterocycles. The van der Waals surface area contributed by atoms with Crippen LogP contribution >= 0.6 is 0 Å². The molecule has 11 heavy (non-hydrogen) atoms. The predicted molar refractivity (Wildman–Crippen MR) is 38.5 cm³/mol. The molecule has 2 fully saturated rings. The molecule has 1 saturated carbocycles. The van der Waals surface area contributed by atoms with E-state index < -0.39 is 0 Å². The average Bonchev–Trinajstić information content (AvgIpc) is 2.61. The van der Waals surface area contributed by atoms with Crippen LogP contribution in [0.5, 0.6) is 0 Å². The highest BCUT2D eigenvalue weighted by Crippen LogP contribution is 2.42. The average molecular weight is 156 g/mol. The second kappa shape index (κ2) is 2.19. The van der Waals surface area contributed by atoms with E-state index in [-0.39, 0.29) is 18.1 Å². The van der Waals surface area contributed by atoms with Gasteiger partial charge in [0.15, 0.2) is 0 Å². The molecule has 62 valence electrons. The molecule has 0 aromatic rings. The fourth-order valence-corrected chi connectivity index (χ4v) is 1.49. The first-order valence-corrected chi connectivity index (χ1v) is 3.95. The smallest absolute Gasteiger partial charge is 0.238 e. The number of hydrogen-bond donors (Lipinski definition) is 2. The number of carbonyl (C=O) groups is 1. The molecule has 2 rings (SSSR count). The zero-order valence-corrected chi connectivity index (χ0v) is 6.34. The predicted octanol–water partition coefficient (Wildman–Crippen LogP) is -0.752. The van der Waals surface area contributed by atoms with Crippen LogP contribution in [0.1, 0.15) is 19.3 Å². The normalized spacial score (nSPS) is 26.6. The van der Waals surface area contributed by atoms with Gasteiger partial charge in [0.25, 0.3) is 0 Å². The van der Waals surface area contributed by atoms with Crippen LogP contribution in [0.3, 0.4) is 0 Å². The number of aliphatic hydroxyl groups is 1. The first-order chi connectivity index (χ1) is 5.26. The van der Waals surface area contributed by atoms with Gasteiger partial charge in [-0.15, -0.1) is 0 Å². The van der Waals surface area contributed by atoms with Crippen molar-refractivity contribution in [2.45, 2.75) is 24.8 Å². The fourth-order valence-electron chi connectivity index (χ4n) is 1.49. The van der Waals surface area contributed by atoms with Gasteiger partial charge in [-0.05, 0) is 12.8 Å². The SMILES string of the molecule is O=C1CC2(CC2)NN1CCO. The monoisotopic (exact) mass is 156 g/mol. The highest BCUT2D eigenvalue weighted by Gasteiger charge is 2.51. The molecule has 0 unspecified atom stereocenters. The number of aliphatic hydroxyl groups excluding tert-OH is 1. The van der Waals surface area contributed by atoms with Crippen molar-refractivity contribution >= 4 is 5.91 Å². The van der Waals surface area contributed by atoms with Crippen molar-refractivity contribution in [1.29, 1.82) is 0 Å². The second-order valence-electron chi connectivity index (χ2n) is 3.34. The number of hydrazine groups is 1. The number of carbonyl (C=O) groups excluding carboxylic acids is 1. The van der Waals surface area contributed by atoms with E-state index in [0.29, 0.717) is 13.0 Å². The van der Waals surface area contributed by atoms with E-state index in [4.69, 9.17) is 5.11 Å². The number of hydrogen-bond acceptors (Lipinski definition) is 3. The lowest BCUT2D eigenvalue weighted by atomic mass is 10.2. The topological polar surface area (TPSA) is 52.6 Å². The molecule has 1 spiro atoms. The number of nitrogens with zero attached hydrogens (tertiary/aromatic N) is 1.